The Bertz CT molecular complexity index is 1110. The van der Waals surface area contributed by atoms with Crippen molar-refractivity contribution in [3.8, 4) is 11.8 Å². The SMILES string of the molecule is CC(CCN1CC=C(c2ccc(C#Cc3cccs3)cc2)CC1)(C(=O)NO)S(C)(=O)=O. The number of thiophene rings is 1. The first-order chi connectivity index (χ1) is 14.7. The van der Waals surface area contributed by atoms with Gasteiger partial charge in [-0.2, -0.15) is 0 Å². The molecule has 164 valence electrons. The molecule has 1 unspecified atom stereocenters. The minimum Gasteiger partial charge on any atom is -0.299 e. The molecule has 2 heterocycles. The summed E-state index contributed by atoms with van der Waals surface area (Å²) in [6.45, 7) is 3.24. The number of rotatable bonds is 6. The lowest BCUT2D eigenvalue weighted by molar-refractivity contribution is -0.131. The first-order valence-corrected chi connectivity index (χ1v) is 12.7. The Balaban J connectivity index is 1.60. The average Bonchev–Trinajstić information content (AvgIpc) is 3.29. The minimum absolute atomic E-state index is 0.110. The molecule has 0 bridgehead atoms. The zero-order valence-corrected chi connectivity index (χ0v) is 19.2. The van der Waals surface area contributed by atoms with Crippen molar-refractivity contribution in [2.24, 2.45) is 0 Å². The summed E-state index contributed by atoms with van der Waals surface area (Å²) in [7, 11) is -3.68. The summed E-state index contributed by atoms with van der Waals surface area (Å²) >= 11 is 1.62. The average molecular weight is 459 g/mol. The lowest BCUT2D eigenvalue weighted by atomic mass is 9.98. The maximum absolute atomic E-state index is 12.1. The summed E-state index contributed by atoms with van der Waals surface area (Å²) < 4.78 is 22.5. The minimum atomic E-state index is -3.68. The van der Waals surface area contributed by atoms with Crippen molar-refractivity contribution in [3.63, 3.8) is 0 Å². The zero-order chi connectivity index (χ0) is 22.5. The van der Waals surface area contributed by atoms with E-state index in [-0.39, 0.29) is 6.42 Å². The Hall–Kier alpha value is -2.44. The molecule has 1 amide bonds. The van der Waals surface area contributed by atoms with Crippen LogP contribution in [0.3, 0.4) is 0 Å². The Kier molecular flexibility index (Phi) is 7.34. The number of amides is 1. The molecular formula is C23H26N2O4S2. The highest BCUT2D eigenvalue weighted by Gasteiger charge is 2.43. The van der Waals surface area contributed by atoms with Crippen LogP contribution in [-0.4, -0.2) is 55.1 Å². The Labute approximate surface area is 187 Å². The lowest BCUT2D eigenvalue weighted by Gasteiger charge is -2.31. The number of carbonyl (C=O) groups excluding carboxylic acids is 1. The first-order valence-electron chi connectivity index (χ1n) is 9.94. The highest BCUT2D eigenvalue weighted by Crippen LogP contribution is 2.25. The maximum atomic E-state index is 12.1. The van der Waals surface area contributed by atoms with Crippen LogP contribution in [0.25, 0.3) is 5.57 Å². The zero-order valence-electron chi connectivity index (χ0n) is 17.6. The second-order valence-corrected chi connectivity index (χ2v) is 11.2. The van der Waals surface area contributed by atoms with Gasteiger partial charge in [-0.05, 0) is 54.5 Å². The summed E-state index contributed by atoms with van der Waals surface area (Å²) in [5, 5.41) is 10.9. The van der Waals surface area contributed by atoms with Gasteiger partial charge in [-0.15, -0.1) is 11.3 Å². The van der Waals surface area contributed by atoms with Crippen molar-refractivity contribution >= 4 is 32.7 Å². The second-order valence-electron chi connectivity index (χ2n) is 7.78. The fraction of sp³-hybridized carbons (Fsp3) is 0.348. The predicted molar refractivity (Wildman–Crippen MR) is 124 cm³/mol. The van der Waals surface area contributed by atoms with E-state index in [1.165, 1.54) is 18.0 Å². The van der Waals surface area contributed by atoms with E-state index in [2.05, 4.69) is 34.9 Å². The number of nitrogens with zero attached hydrogens (tertiary/aromatic N) is 1. The Morgan fingerprint density at radius 3 is 2.55 bits per heavy atom. The molecule has 2 aromatic rings. The van der Waals surface area contributed by atoms with E-state index in [0.29, 0.717) is 13.1 Å². The molecule has 31 heavy (non-hydrogen) atoms. The van der Waals surface area contributed by atoms with Gasteiger partial charge in [-0.3, -0.25) is 14.9 Å². The number of carbonyl (C=O) groups is 1. The number of hydrogen-bond donors (Lipinski definition) is 2. The topological polar surface area (TPSA) is 86.7 Å². The van der Waals surface area contributed by atoms with Gasteiger partial charge in [0.1, 0.15) is 0 Å². The fourth-order valence-electron chi connectivity index (χ4n) is 3.38. The van der Waals surface area contributed by atoms with Gasteiger partial charge in [0, 0.05) is 31.5 Å². The van der Waals surface area contributed by atoms with Gasteiger partial charge in [-0.25, -0.2) is 13.9 Å². The van der Waals surface area contributed by atoms with Crippen LogP contribution in [0.5, 0.6) is 0 Å². The molecule has 8 heteroatoms. The van der Waals surface area contributed by atoms with E-state index in [1.54, 1.807) is 11.3 Å². The van der Waals surface area contributed by atoms with E-state index in [0.717, 1.165) is 35.2 Å². The normalized spacial score (nSPS) is 16.5. The number of nitrogens with one attached hydrogen (secondary N) is 1. The van der Waals surface area contributed by atoms with Gasteiger partial charge < -0.3 is 0 Å². The quantitative estimate of drug-likeness (QED) is 0.395. The van der Waals surface area contributed by atoms with E-state index >= 15 is 0 Å². The summed E-state index contributed by atoms with van der Waals surface area (Å²) in [6.07, 6.45) is 4.10. The molecule has 0 saturated carbocycles. The largest absolute Gasteiger partial charge is 0.299 e. The summed E-state index contributed by atoms with van der Waals surface area (Å²) in [5.74, 6) is 5.43. The van der Waals surface area contributed by atoms with E-state index in [9.17, 15) is 13.2 Å². The number of hydrogen-bond acceptors (Lipinski definition) is 6. The number of hydroxylamine groups is 1. The maximum Gasteiger partial charge on any atom is 0.264 e. The standard InChI is InChI=1S/C23H26N2O4S2/c1-23(22(26)24-27,31(2,28)29)13-16-25-14-11-20(12-15-25)19-8-5-18(6-9-19)7-10-21-4-3-17-30-21/h3-6,8-9,11,17,27H,12-16H2,1-2H3,(H,24,26). The third kappa shape index (κ3) is 5.63. The molecule has 0 saturated heterocycles. The van der Waals surface area contributed by atoms with Crippen LogP contribution in [0, 0.1) is 11.8 Å². The van der Waals surface area contributed by atoms with Crippen LogP contribution in [-0.2, 0) is 14.6 Å². The van der Waals surface area contributed by atoms with Crippen LogP contribution in [0.15, 0.2) is 47.9 Å². The molecule has 1 aliphatic rings. The molecule has 3 rings (SSSR count). The van der Waals surface area contributed by atoms with Gasteiger partial charge in [0.05, 0.1) is 4.88 Å². The van der Waals surface area contributed by atoms with Crippen LogP contribution in [0.4, 0.5) is 0 Å². The van der Waals surface area contributed by atoms with E-state index < -0.39 is 20.5 Å². The van der Waals surface area contributed by atoms with Gasteiger partial charge in [-0.1, -0.05) is 36.1 Å². The fourth-order valence-corrected chi connectivity index (χ4v) is 4.80. The van der Waals surface area contributed by atoms with Crippen LogP contribution in [0.1, 0.15) is 35.8 Å². The smallest absolute Gasteiger partial charge is 0.264 e. The molecule has 0 radical (unpaired) electrons. The number of sulfone groups is 1. The summed E-state index contributed by atoms with van der Waals surface area (Å²) in [6, 6.07) is 12.2. The van der Waals surface area contributed by atoms with Gasteiger partial charge in [0.15, 0.2) is 14.6 Å². The molecule has 1 aliphatic heterocycles. The highest BCUT2D eigenvalue weighted by molar-refractivity contribution is 7.92. The molecule has 1 atom stereocenters. The number of benzene rings is 1. The van der Waals surface area contributed by atoms with Gasteiger partial charge in [0.2, 0.25) is 0 Å². The molecule has 6 nitrogen and oxygen atoms in total. The molecule has 1 aromatic carbocycles. The van der Waals surface area contributed by atoms with E-state index in [1.807, 2.05) is 29.6 Å². The Morgan fingerprint density at radius 2 is 2.00 bits per heavy atom. The third-order valence-corrected chi connectivity index (χ3v) is 8.52. The van der Waals surface area contributed by atoms with Gasteiger partial charge >= 0.3 is 0 Å². The first kappa shape index (κ1) is 23.2. The third-order valence-electron chi connectivity index (χ3n) is 5.71. The van der Waals surface area contributed by atoms with Gasteiger partial charge in [0.25, 0.3) is 5.91 Å². The van der Waals surface area contributed by atoms with Crippen LogP contribution < -0.4 is 5.48 Å². The summed E-state index contributed by atoms with van der Waals surface area (Å²) in [4.78, 5) is 15.1. The van der Waals surface area contributed by atoms with E-state index in [4.69, 9.17) is 5.21 Å². The molecule has 1 aromatic heterocycles. The van der Waals surface area contributed by atoms with Crippen LogP contribution >= 0.6 is 11.3 Å². The monoisotopic (exact) mass is 458 g/mol. The predicted octanol–water partition coefficient (Wildman–Crippen LogP) is 2.94. The molecule has 0 spiro atoms. The molecule has 0 fully saturated rings. The van der Waals surface area contributed by atoms with Crippen molar-refractivity contribution in [2.75, 3.05) is 25.9 Å². The van der Waals surface area contributed by atoms with Crippen molar-refractivity contribution in [1.82, 2.24) is 10.4 Å². The van der Waals surface area contributed by atoms with Crippen molar-refractivity contribution in [3.05, 3.63) is 63.9 Å². The highest BCUT2D eigenvalue weighted by atomic mass is 32.2. The molecule has 2 N–H and O–H groups in total. The van der Waals surface area contributed by atoms with Crippen molar-refractivity contribution < 1.29 is 18.4 Å². The molecular weight excluding hydrogens is 432 g/mol. The van der Waals surface area contributed by atoms with Crippen molar-refractivity contribution in [2.45, 2.75) is 24.5 Å². The van der Waals surface area contributed by atoms with Crippen molar-refractivity contribution in [1.29, 1.82) is 0 Å². The molecule has 0 aliphatic carbocycles. The second kappa shape index (κ2) is 9.79. The van der Waals surface area contributed by atoms with Crippen LogP contribution in [0.2, 0.25) is 0 Å². The summed E-state index contributed by atoms with van der Waals surface area (Å²) in [5.41, 5.74) is 4.86. The Morgan fingerprint density at radius 1 is 1.26 bits per heavy atom. The lowest BCUT2D eigenvalue weighted by Crippen LogP contribution is -2.51.